The van der Waals surface area contributed by atoms with Gasteiger partial charge in [0.1, 0.15) is 12.5 Å². The Balaban J connectivity index is 2.65. The van der Waals surface area contributed by atoms with E-state index in [0.29, 0.717) is 13.0 Å². The van der Waals surface area contributed by atoms with Gasteiger partial charge in [0.25, 0.3) is 0 Å². The van der Waals surface area contributed by atoms with Gasteiger partial charge in [-0.2, -0.15) is 0 Å². The zero-order valence-corrected chi connectivity index (χ0v) is 10.3. The van der Waals surface area contributed by atoms with E-state index in [4.69, 9.17) is 4.74 Å². The summed E-state index contributed by atoms with van der Waals surface area (Å²) >= 11 is 3.43. The van der Waals surface area contributed by atoms with Crippen LogP contribution in [-0.2, 0) is 9.53 Å². The fourth-order valence-electron chi connectivity index (χ4n) is 1.34. The highest BCUT2D eigenvalue weighted by molar-refractivity contribution is 9.10. The van der Waals surface area contributed by atoms with Crippen molar-refractivity contribution >= 4 is 21.9 Å². The second-order valence-corrected chi connectivity index (χ2v) is 4.08. The van der Waals surface area contributed by atoms with Crippen molar-refractivity contribution in [1.82, 2.24) is 0 Å². The highest BCUT2D eigenvalue weighted by atomic mass is 79.9. The first-order valence-electron chi connectivity index (χ1n) is 4.88. The number of ether oxygens (including phenoxy) is 1. The van der Waals surface area contributed by atoms with Gasteiger partial charge in [0.2, 0.25) is 0 Å². The summed E-state index contributed by atoms with van der Waals surface area (Å²) in [5.41, 5.74) is 4.99. The SMILES string of the molecule is CCOC(=O)C[C@H]([NH3+])c1ccccc1Br. The minimum atomic E-state index is -0.201. The highest BCUT2D eigenvalue weighted by Crippen LogP contribution is 2.22. The first-order valence-corrected chi connectivity index (χ1v) is 5.67. The summed E-state index contributed by atoms with van der Waals surface area (Å²) in [4.78, 5) is 11.3. The first-order chi connectivity index (χ1) is 7.15. The molecule has 0 aromatic heterocycles. The molecule has 1 atom stereocenters. The Bertz CT molecular complexity index is 341. The molecule has 1 aromatic rings. The molecule has 1 aromatic carbocycles. The summed E-state index contributed by atoms with van der Waals surface area (Å²) in [5, 5.41) is 0. The standard InChI is InChI=1S/C11H14BrNO2/c1-2-15-11(14)7-10(13)8-5-3-4-6-9(8)12/h3-6,10H,2,7,13H2,1H3/p+1/t10-/m0/s1. The largest absolute Gasteiger partial charge is 0.466 e. The van der Waals surface area contributed by atoms with Crippen LogP contribution in [0.15, 0.2) is 28.7 Å². The van der Waals surface area contributed by atoms with Crippen molar-refractivity contribution in [3.05, 3.63) is 34.3 Å². The minimum Gasteiger partial charge on any atom is -0.466 e. The van der Waals surface area contributed by atoms with Gasteiger partial charge < -0.3 is 10.5 Å². The lowest BCUT2D eigenvalue weighted by atomic mass is 10.1. The molecule has 0 unspecified atom stereocenters. The van der Waals surface area contributed by atoms with Gasteiger partial charge in [-0.05, 0) is 13.0 Å². The van der Waals surface area contributed by atoms with Gasteiger partial charge in [-0.3, -0.25) is 4.79 Å². The van der Waals surface area contributed by atoms with E-state index in [-0.39, 0.29) is 12.0 Å². The maximum Gasteiger partial charge on any atom is 0.312 e. The summed E-state index contributed by atoms with van der Waals surface area (Å²) in [6, 6.07) is 7.70. The summed E-state index contributed by atoms with van der Waals surface area (Å²) in [7, 11) is 0. The third-order valence-electron chi connectivity index (χ3n) is 2.06. The van der Waals surface area contributed by atoms with Gasteiger partial charge in [0, 0.05) is 10.0 Å². The van der Waals surface area contributed by atoms with Gasteiger partial charge in [-0.15, -0.1) is 0 Å². The number of carbonyl (C=O) groups is 1. The van der Waals surface area contributed by atoms with E-state index in [0.717, 1.165) is 10.0 Å². The van der Waals surface area contributed by atoms with Gasteiger partial charge in [0.05, 0.1) is 6.61 Å². The van der Waals surface area contributed by atoms with Crippen molar-refractivity contribution in [2.24, 2.45) is 0 Å². The van der Waals surface area contributed by atoms with E-state index in [9.17, 15) is 4.79 Å². The van der Waals surface area contributed by atoms with Crippen molar-refractivity contribution < 1.29 is 15.3 Å². The molecule has 0 fully saturated rings. The Morgan fingerprint density at radius 1 is 1.53 bits per heavy atom. The normalized spacial score (nSPS) is 12.2. The van der Waals surface area contributed by atoms with Crippen LogP contribution in [0.25, 0.3) is 0 Å². The minimum absolute atomic E-state index is 0.0698. The molecule has 0 amide bonds. The van der Waals surface area contributed by atoms with Gasteiger partial charge in [-0.1, -0.05) is 34.1 Å². The number of hydrogen-bond donors (Lipinski definition) is 1. The van der Waals surface area contributed by atoms with Crippen LogP contribution in [0.4, 0.5) is 0 Å². The Morgan fingerprint density at radius 2 is 2.20 bits per heavy atom. The molecule has 0 aliphatic carbocycles. The van der Waals surface area contributed by atoms with Crippen LogP contribution in [0.2, 0.25) is 0 Å². The summed E-state index contributed by atoms with van der Waals surface area (Å²) in [5.74, 6) is -0.201. The third kappa shape index (κ3) is 3.64. The van der Waals surface area contributed by atoms with Crippen LogP contribution in [0.5, 0.6) is 0 Å². The molecule has 82 valence electrons. The van der Waals surface area contributed by atoms with E-state index < -0.39 is 0 Å². The molecule has 0 spiro atoms. The van der Waals surface area contributed by atoms with Crippen molar-refractivity contribution in [2.75, 3.05) is 6.61 Å². The smallest absolute Gasteiger partial charge is 0.312 e. The average Bonchev–Trinajstić information content (AvgIpc) is 2.18. The monoisotopic (exact) mass is 272 g/mol. The number of esters is 1. The number of benzene rings is 1. The molecule has 1 rings (SSSR count). The van der Waals surface area contributed by atoms with E-state index in [1.807, 2.05) is 24.3 Å². The second kappa shape index (κ2) is 5.88. The summed E-state index contributed by atoms with van der Waals surface area (Å²) in [6.07, 6.45) is 0.316. The molecule has 0 heterocycles. The molecule has 0 saturated carbocycles. The maximum atomic E-state index is 11.3. The molecule has 0 bridgehead atoms. The third-order valence-corrected chi connectivity index (χ3v) is 2.79. The van der Waals surface area contributed by atoms with Crippen molar-refractivity contribution in [3.8, 4) is 0 Å². The van der Waals surface area contributed by atoms with Gasteiger partial charge >= 0.3 is 5.97 Å². The number of hydrogen-bond acceptors (Lipinski definition) is 2. The fraction of sp³-hybridized carbons (Fsp3) is 0.364. The highest BCUT2D eigenvalue weighted by Gasteiger charge is 2.17. The lowest BCUT2D eigenvalue weighted by Crippen LogP contribution is -2.54. The summed E-state index contributed by atoms with van der Waals surface area (Å²) < 4.78 is 5.86. The fourth-order valence-corrected chi connectivity index (χ4v) is 1.95. The molecular weight excluding hydrogens is 258 g/mol. The lowest BCUT2D eigenvalue weighted by molar-refractivity contribution is -0.426. The van der Waals surface area contributed by atoms with Crippen molar-refractivity contribution in [3.63, 3.8) is 0 Å². The molecule has 15 heavy (non-hydrogen) atoms. The van der Waals surface area contributed by atoms with E-state index >= 15 is 0 Å². The van der Waals surface area contributed by atoms with Crippen LogP contribution < -0.4 is 5.73 Å². The predicted molar refractivity (Wildman–Crippen MR) is 61.0 cm³/mol. The van der Waals surface area contributed by atoms with Crippen molar-refractivity contribution in [1.29, 1.82) is 0 Å². The molecule has 0 radical (unpaired) electrons. The number of rotatable bonds is 4. The molecule has 3 N–H and O–H groups in total. The van der Waals surface area contributed by atoms with Crippen LogP contribution in [0.1, 0.15) is 24.9 Å². The molecule has 3 nitrogen and oxygen atoms in total. The van der Waals surface area contributed by atoms with E-state index in [1.54, 1.807) is 6.92 Å². The number of quaternary nitrogens is 1. The Morgan fingerprint density at radius 3 is 2.80 bits per heavy atom. The predicted octanol–water partition coefficient (Wildman–Crippen LogP) is 1.69. The lowest BCUT2D eigenvalue weighted by Gasteiger charge is -2.09. The second-order valence-electron chi connectivity index (χ2n) is 3.23. The topological polar surface area (TPSA) is 53.9 Å². The first kappa shape index (κ1) is 12.2. The number of carbonyl (C=O) groups excluding carboxylic acids is 1. The molecular formula is C11H15BrNO2+. The molecule has 0 aliphatic heterocycles. The zero-order valence-electron chi connectivity index (χ0n) is 8.70. The van der Waals surface area contributed by atoms with Crippen LogP contribution in [-0.4, -0.2) is 12.6 Å². The zero-order chi connectivity index (χ0) is 11.3. The van der Waals surface area contributed by atoms with E-state index in [2.05, 4.69) is 21.7 Å². The van der Waals surface area contributed by atoms with Gasteiger partial charge in [-0.25, -0.2) is 0 Å². The van der Waals surface area contributed by atoms with E-state index in [1.165, 1.54) is 0 Å². The van der Waals surface area contributed by atoms with Crippen molar-refractivity contribution in [2.45, 2.75) is 19.4 Å². The van der Waals surface area contributed by atoms with Crippen LogP contribution in [0, 0.1) is 0 Å². The van der Waals surface area contributed by atoms with Crippen LogP contribution >= 0.6 is 15.9 Å². The summed E-state index contributed by atoms with van der Waals surface area (Å²) in [6.45, 7) is 2.22. The van der Waals surface area contributed by atoms with Gasteiger partial charge in [0.15, 0.2) is 0 Å². The number of halogens is 1. The molecule has 4 heteroatoms. The molecule has 0 aliphatic rings. The Hall–Kier alpha value is -0.870. The average molecular weight is 273 g/mol. The quantitative estimate of drug-likeness (QED) is 0.849. The maximum absolute atomic E-state index is 11.3. The Labute approximate surface area is 97.7 Å². The molecule has 0 saturated heterocycles. The van der Waals surface area contributed by atoms with Crippen LogP contribution in [0.3, 0.4) is 0 Å². The Kier molecular flexibility index (Phi) is 4.78.